The van der Waals surface area contributed by atoms with Gasteiger partial charge in [-0.1, -0.05) is 42.8 Å². The molecular formula is C27H33N5O2. The number of aromatic nitrogens is 1. The number of nitrogens with two attached hydrogens (primary N) is 1. The Bertz CT molecular complexity index is 1260. The van der Waals surface area contributed by atoms with Crippen LogP contribution in [0.1, 0.15) is 45.1 Å². The third-order valence-electron chi connectivity index (χ3n) is 6.88. The number of amidine groups is 1. The van der Waals surface area contributed by atoms with Crippen LogP contribution in [0.2, 0.25) is 0 Å². The van der Waals surface area contributed by atoms with Crippen molar-refractivity contribution >= 4 is 22.6 Å². The molecule has 1 aromatic heterocycles. The Kier molecular flexibility index (Phi) is 7.12. The number of amides is 1. The summed E-state index contributed by atoms with van der Waals surface area (Å²) in [5.74, 6) is -0.109. The van der Waals surface area contributed by atoms with Crippen LogP contribution in [0, 0.1) is 5.41 Å². The molecule has 4 rings (SSSR count). The predicted octanol–water partition coefficient (Wildman–Crippen LogP) is 3.68. The topological polar surface area (TPSA) is 104 Å². The van der Waals surface area contributed by atoms with Gasteiger partial charge in [-0.05, 0) is 55.8 Å². The van der Waals surface area contributed by atoms with Gasteiger partial charge in [0.2, 0.25) is 5.91 Å². The van der Waals surface area contributed by atoms with Crippen molar-refractivity contribution in [1.29, 1.82) is 5.41 Å². The van der Waals surface area contributed by atoms with E-state index >= 15 is 0 Å². The van der Waals surface area contributed by atoms with Gasteiger partial charge in [0.15, 0.2) is 0 Å². The number of carbonyl (C=O) groups excluding carboxylic acids is 1. The van der Waals surface area contributed by atoms with Gasteiger partial charge in [0.25, 0.3) is 5.56 Å². The lowest BCUT2D eigenvalue weighted by molar-refractivity contribution is -0.122. The summed E-state index contributed by atoms with van der Waals surface area (Å²) in [5, 5.41) is 11.7. The highest BCUT2D eigenvalue weighted by atomic mass is 16.2. The summed E-state index contributed by atoms with van der Waals surface area (Å²) >= 11 is 0. The maximum absolute atomic E-state index is 13.5. The van der Waals surface area contributed by atoms with Crippen LogP contribution in [-0.4, -0.2) is 40.0 Å². The minimum absolute atomic E-state index is 0.0445. The van der Waals surface area contributed by atoms with Gasteiger partial charge >= 0.3 is 0 Å². The molecule has 178 valence electrons. The lowest BCUT2D eigenvalue weighted by Gasteiger charge is -2.38. The number of hydrogen-bond acceptors (Lipinski definition) is 4. The number of carbonyl (C=O) groups is 1. The maximum Gasteiger partial charge on any atom is 0.258 e. The molecule has 0 radical (unpaired) electrons. The molecule has 1 fully saturated rings. The lowest BCUT2D eigenvalue weighted by atomic mass is 9.98. The molecule has 2 heterocycles. The van der Waals surface area contributed by atoms with Gasteiger partial charge in [-0.3, -0.25) is 19.9 Å². The van der Waals surface area contributed by atoms with Crippen LogP contribution in [0.25, 0.3) is 22.0 Å². The SMILES string of the molecule is CC1CCCC(C)N1CNC(=O)CCn1c(=O)c(-c2cccc(C(=N)N)c2)cc2ccccc21. The Labute approximate surface area is 200 Å². The molecule has 0 bridgehead atoms. The van der Waals surface area contributed by atoms with Crippen molar-refractivity contribution in [2.75, 3.05) is 6.67 Å². The smallest absolute Gasteiger partial charge is 0.258 e. The molecule has 7 nitrogen and oxygen atoms in total. The average molecular weight is 460 g/mol. The summed E-state index contributed by atoms with van der Waals surface area (Å²) in [4.78, 5) is 28.5. The monoisotopic (exact) mass is 459 g/mol. The Morgan fingerprint density at radius 1 is 1.09 bits per heavy atom. The van der Waals surface area contributed by atoms with Crippen LogP contribution >= 0.6 is 0 Å². The summed E-state index contributed by atoms with van der Waals surface area (Å²) in [5.41, 5.74) is 8.08. The van der Waals surface area contributed by atoms with Crippen molar-refractivity contribution in [2.24, 2.45) is 5.73 Å². The van der Waals surface area contributed by atoms with Gasteiger partial charge in [-0.15, -0.1) is 0 Å². The van der Waals surface area contributed by atoms with E-state index in [0.717, 1.165) is 23.7 Å². The molecule has 3 aromatic rings. The number of pyridine rings is 1. The maximum atomic E-state index is 13.5. The number of hydrogen-bond donors (Lipinski definition) is 3. The quantitative estimate of drug-likeness (QED) is 0.370. The Hall–Kier alpha value is -3.45. The van der Waals surface area contributed by atoms with Crippen LogP contribution in [-0.2, 0) is 11.3 Å². The van der Waals surface area contributed by atoms with Crippen LogP contribution in [0.5, 0.6) is 0 Å². The first-order chi connectivity index (χ1) is 16.3. The fraction of sp³-hybridized carbons (Fsp3) is 0.370. The number of nitrogen functional groups attached to an aromatic ring is 1. The summed E-state index contributed by atoms with van der Waals surface area (Å²) in [6.07, 6.45) is 3.75. The number of aryl methyl sites for hydroxylation is 1. The predicted molar refractivity (Wildman–Crippen MR) is 137 cm³/mol. The highest BCUT2D eigenvalue weighted by Gasteiger charge is 2.24. The molecule has 2 unspecified atom stereocenters. The Morgan fingerprint density at radius 3 is 2.56 bits per heavy atom. The molecule has 1 saturated heterocycles. The number of piperidine rings is 1. The standard InChI is InChI=1S/C27H33N5O2/c1-18-7-5-8-19(2)32(18)17-30-25(33)13-14-31-24-12-4-3-9-21(24)16-23(27(31)34)20-10-6-11-22(15-20)26(28)29/h3-4,6,9-12,15-16,18-19H,5,7-8,13-14,17H2,1-2H3,(H3,28,29)(H,30,33). The molecule has 2 aromatic carbocycles. The first-order valence-corrected chi connectivity index (χ1v) is 11.9. The second-order valence-electron chi connectivity index (χ2n) is 9.22. The number of nitrogens with zero attached hydrogens (tertiary/aromatic N) is 2. The molecule has 1 aliphatic heterocycles. The van der Waals surface area contributed by atoms with Crippen molar-refractivity contribution in [1.82, 2.24) is 14.8 Å². The van der Waals surface area contributed by atoms with Gasteiger partial charge in [0.1, 0.15) is 5.84 Å². The molecule has 1 aliphatic rings. The second-order valence-corrected chi connectivity index (χ2v) is 9.22. The van der Waals surface area contributed by atoms with Crippen molar-refractivity contribution in [3.63, 3.8) is 0 Å². The molecule has 0 aliphatic carbocycles. The average Bonchev–Trinajstić information content (AvgIpc) is 2.83. The van der Waals surface area contributed by atoms with E-state index in [1.54, 1.807) is 22.8 Å². The first kappa shape index (κ1) is 23.7. The van der Waals surface area contributed by atoms with E-state index in [-0.39, 0.29) is 30.3 Å². The number of para-hydroxylation sites is 1. The van der Waals surface area contributed by atoms with Gasteiger partial charge in [-0.25, -0.2) is 0 Å². The largest absolute Gasteiger partial charge is 0.384 e. The molecule has 0 spiro atoms. The number of likely N-dealkylation sites (tertiary alicyclic amines) is 1. The lowest BCUT2D eigenvalue weighted by Crippen LogP contribution is -2.49. The van der Waals surface area contributed by atoms with E-state index in [9.17, 15) is 9.59 Å². The molecule has 0 saturated carbocycles. The van der Waals surface area contributed by atoms with Gasteiger partial charge in [0, 0.05) is 36.2 Å². The molecule has 4 N–H and O–H groups in total. The van der Waals surface area contributed by atoms with E-state index in [0.29, 0.717) is 35.4 Å². The summed E-state index contributed by atoms with van der Waals surface area (Å²) in [6.45, 7) is 5.24. The zero-order valence-corrected chi connectivity index (χ0v) is 19.9. The number of fused-ring (bicyclic) bond motifs is 1. The van der Waals surface area contributed by atoms with Crippen LogP contribution in [0.15, 0.2) is 59.4 Å². The number of benzene rings is 2. The minimum Gasteiger partial charge on any atom is -0.384 e. The normalized spacial score (nSPS) is 18.6. The fourth-order valence-corrected chi connectivity index (χ4v) is 4.88. The minimum atomic E-state index is -0.162. The Morgan fingerprint density at radius 2 is 1.82 bits per heavy atom. The van der Waals surface area contributed by atoms with Gasteiger partial charge in [0.05, 0.1) is 12.2 Å². The van der Waals surface area contributed by atoms with Crippen LogP contribution in [0.3, 0.4) is 0 Å². The summed E-state index contributed by atoms with van der Waals surface area (Å²) in [7, 11) is 0. The van der Waals surface area contributed by atoms with Gasteiger partial charge < -0.3 is 15.6 Å². The number of rotatable bonds is 7. The summed E-state index contributed by atoms with van der Waals surface area (Å²) in [6, 6.07) is 17.6. The zero-order chi connectivity index (χ0) is 24.2. The van der Waals surface area contributed by atoms with Crippen molar-refractivity contribution in [3.8, 4) is 11.1 Å². The Balaban J connectivity index is 1.57. The highest BCUT2D eigenvalue weighted by molar-refractivity contribution is 5.96. The van der Waals surface area contributed by atoms with E-state index < -0.39 is 0 Å². The first-order valence-electron chi connectivity index (χ1n) is 11.9. The number of nitrogens with one attached hydrogen (secondary N) is 2. The van der Waals surface area contributed by atoms with Crippen molar-refractivity contribution < 1.29 is 4.79 Å². The molecule has 34 heavy (non-hydrogen) atoms. The van der Waals surface area contributed by atoms with E-state index in [4.69, 9.17) is 11.1 Å². The summed E-state index contributed by atoms with van der Waals surface area (Å²) < 4.78 is 1.68. The fourth-order valence-electron chi connectivity index (χ4n) is 4.88. The van der Waals surface area contributed by atoms with Crippen molar-refractivity contribution in [3.05, 3.63) is 70.5 Å². The third-order valence-corrected chi connectivity index (χ3v) is 6.88. The van der Waals surface area contributed by atoms with E-state index in [1.807, 2.05) is 36.4 Å². The van der Waals surface area contributed by atoms with Gasteiger partial charge in [-0.2, -0.15) is 0 Å². The van der Waals surface area contributed by atoms with Crippen LogP contribution < -0.4 is 16.6 Å². The van der Waals surface area contributed by atoms with Crippen LogP contribution in [0.4, 0.5) is 0 Å². The zero-order valence-electron chi connectivity index (χ0n) is 19.9. The molecule has 7 heteroatoms. The van der Waals surface area contributed by atoms with E-state index in [2.05, 4.69) is 24.1 Å². The molecule has 2 atom stereocenters. The molecular weight excluding hydrogens is 426 g/mol. The second kappa shape index (κ2) is 10.2. The molecule has 1 amide bonds. The highest BCUT2D eigenvalue weighted by Crippen LogP contribution is 2.23. The van der Waals surface area contributed by atoms with E-state index in [1.165, 1.54) is 6.42 Å². The third kappa shape index (κ3) is 5.04. The van der Waals surface area contributed by atoms with Crippen molar-refractivity contribution in [2.45, 2.75) is 58.2 Å².